The normalized spacial score (nSPS) is 11.8. The highest BCUT2D eigenvalue weighted by atomic mass is 32.1. The number of nitrogens with zero attached hydrogens (tertiary/aromatic N) is 3. The number of benzene rings is 6. The van der Waals surface area contributed by atoms with Crippen molar-refractivity contribution in [3.63, 3.8) is 0 Å². The van der Waals surface area contributed by atoms with Crippen molar-refractivity contribution in [1.82, 2.24) is 15.0 Å². The van der Waals surface area contributed by atoms with Crippen LogP contribution in [0.3, 0.4) is 0 Å². The number of fused-ring (bicyclic) bond motifs is 8. The molecule has 5 heteroatoms. The van der Waals surface area contributed by atoms with E-state index in [0.717, 1.165) is 49.4 Å². The molecule has 9 rings (SSSR count). The molecular weight excluding hydrogens is 534 g/mol. The van der Waals surface area contributed by atoms with Crippen molar-refractivity contribution < 1.29 is 4.42 Å². The van der Waals surface area contributed by atoms with Crippen LogP contribution in [0.4, 0.5) is 0 Å². The first kappa shape index (κ1) is 23.3. The molecule has 0 radical (unpaired) electrons. The van der Waals surface area contributed by atoms with Crippen LogP contribution in [0.2, 0.25) is 0 Å². The van der Waals surface area contributed by atoms with Gasteiger partial charge in [0.2, 0.25) is 0 Å². The Morgan fingerprint density at radius 2 is 1.12 bits per heavy atom. The summed E-state index contributed by atoms with van der Waals surface area (Å²) >= 11 is 1.79. The van der Waals surface area contributed by atoms with Crippen molar-refractivity contribution >= 4 is 64.2 Å². The lowest BCUT2D eigenvalue weighted by molar-refractivity contribution is 0.672. The molecule has 0 aliphatic heterocycles. The van der Waals surface area contributed by atoms with Crippen molar-refractivity contribution in [1.29, 1.82) is 0 Å². The fourth-order valence-electron chi connectivity index (χ4n) is 6.03. The summed E-state index contributed by atoms with van der Waals surface area (Å²) in [7, 11) is 0. The number of hydrogen-bond acceptors (Lipinski definition) is 5. The number of thiophene rings is 1. The summed E-state index contributed by atoms with van der Waals surface area (Å²) in [6, 6.07) is 43.8. The van der Waals surface area contributed by atoms with Gasteiger partial charge in [-0.25, -0.2) is 15.0 Å². The summed E-state index contributed by atoms with van der Waals surface area (Å²) in [4.78, 5) is 15.3. The lowest BCUT2D eigenvalue weighted by Crippen LogP contribution is -2.00. The molecule has 42 heavy (non-hydrogen) atoms. The molecule has 0 aliphatic rings. The highest BCUT2D eigenvalue weighted by Gasteiger charge is 2.20. The quantitative estimate of drug-likeness (QED) is 0.218. The van der Waals surface area contributed by atoms with Crippen LogP contribution in [0.25, 0.3) is 87.0 Å². The standard InChI is InChI=1S/C37H21N3OS/c1-2-10-23(11-3-1)35-38-36(40-37(39-35)28-16-9-19-31-33(28)26-14-5-7-18-30(26)42-31)27-15-8-12-22-20-21-25-24-13-4-6-17-29(24)41-34(25)32(22)27/h1-21H. The fourth-order valence-corrected chi connectivity index (χ4v) is 7.16. The van der Waals surface area contributed by atoms with Crippen LogP contribution in [0.15, 0.2) is 132 Å². The van der Waals surface area contributed by atoms with E-state index in [1.165, 1.54) is 20.2 Å². The van der Waals surface area contributed by atoms with Gasteiger partial charge in [-0.15, -0.1) is 11.3 Å². The maximum Gasteiger partial charge on any atom is 0.164 e. The lowest BCUT2D eigenvalue weighted by Gasteiger charge is -2.11. The Balaban J connectivity index is 1.38. The first-order valence-electron chi connectivity index (χ1n) is 13.9. The molecule has 9 aromatic rings. The number of hydrogen-bond donors (Lipinski definition) is 0. The minimum absolute atomic E-state index is 0.619. The number of para-hydroxylation sites is 1. The largest absolute Gasteiger partial charge is 0.455 e. The SMILES string of the molecule is c1ccc(-c2nc(-c3cccc4sc5ccccc5c34)nc(-c3cccc4ccc5c6ccccc6oc5c34)n2)cc1. The summed E-state index contributed by atoms with van der Waals surface area (Å²) in [6.07, 6.45) is 0. The van der Waals surface area contributed by atoms with E-state index in [2.05, 4.69) is 78.9 Å². The Morgan fingerprint density at radius 1 is 0.452 bits per heavy atom. The third-order valence-electron chi connectivity index (χ3n) is 7.94. The van der Waals surface area contributed by atoms with Gasteiger partial charge in [0.25, 0.3) is 0 Å². The molecule has 4 nitrogen and oxygen atoms in total. The third-order valence-corrected chi connectivity index (χ3v) is 9.07. The van der Waals surface area contributed by atoms with Crippen molar-refractivity contribution in [3.8, 4) is 34.2 Å². The average molecular weight is 556 g/mol. The number of rotatable bonds is 3. The van der Waals surface area contributed by atoms with Crippen LogP contribution in [-0.2, 0) is 0 Å². The molecule has 0 bridgehead atoms. The summed E-state index contributed by atoms with van der Waals surface area (Å²) in [5.41, 5.74) is 4.57. The highest BCUT2D eigenvalue weighted by Crippen LogP contribution is 2.41. The predicted octanol–water partition coefficient (Wildman–Crippen LogP) is 10.3. The zero-order valence-electron chi connectivity index (χ0n) is 22.3. The first-order valence-corrected chi connectivity index (χ1v) is 14.7. The summed E-state index contributed by atoms with van der Waals surface area (Å²) < 4.78 is 8.95. The fraction of sp³-hybridized carbons (Fsp3) is 0. The molecule has 0 unspecified atom stereocenters. The maximum atomic E-state index is 6.48. The van der Waals surface area contributed by atoms with E-state index in [1.807, 2.05) is 48.5 Å². The van der Waals surface area contributed by atoms with Crippen molar-refractivity contribution in [3.05, 3.63) is 127 Å². The van der Waals surface area contributed by atoms with Gasteiger partial charge in [-0.05, 0) is 29.7 Å². The Bertz CT molecular complexity index is 2480. The highest BCUT2D eigenvalue weighted by molar-refractivity contribution is 7.25. The molecular formula is C37H21N3OS. The van der Waals surface area contributed by atoms with Gasteiger partial charge in [-0.1, -0.05) is 103 Å². The summed E-state index contributed by atoms with van der Waals surface area (Å²) in [6.45, 7) is 0. The molecule has 0 fully saturated rings. The minimum atomic E-state index is 0.619. The zero-order chi connectivity index (χ0) is 27.6. The van der Waals surface area contributed by atoms with E-state index in [9.17, 15) is 0 Å². The Kier molecular flexibility index (Phi) is 5.03. The van der Waals surface area contributed by atoms with Gasteiger partial charge in [0.1, 0.15) is 11.2 Å². The molecule has 0 amide bonds. The molecule has 3 aromatic heterocycles. The van der Waals surface area contributed by atoms with Gasteiger partial charge in [0.05, 0.1) is 0 Å². The molecule has 0 atom stereocenters. The van der Waals surface area contributed by atoms with Crippen molar-refractivity contribution in [2.75, 3.05) is 0 Å². The lowest BCUT2D eigenvalue weighted by atomic mass is 10.0. The Hall–Kier alpha value is -5.39. The van der Waals surface area contributed by atoms with E-state index in [0.29, 0.717) is 17.5 Å². The summed E-state index contributed by atoms with van der Waals surface area (Å²) in [5, 5.41) is 6.64. The van der Waals surface area contributed by atoms with Crippen LogP contribution in [0.5, 0.6) is 0 Å². The van der Waals surface area contributed by atoms with Gasteiger partial charge in [0.15, 0.2) is 17.5 Å². The van der Waals surface area contributed by atoms with Crippen molar-refractivity contribution in [2.45, 2.75) is 0 Å². The van der Waals surface area contributed by atoms with E-state index in [4.69, 9.17) is 19.4 Å². The van der Waals surface area contributed by atoms with E-state index in [1.54, 1.807) is 11.3 Å². The molecule has 0 saturated carbocycles. The van der Waals surface area contributed by atoms with Gasteiger partial charge < -0.3 is 4.42 Å². The van der Waals surface area contributed by atoms with E-state index in [-0.39, 0.29) is 0 Å². The molecule has 3 heterocycles. The first-order chi connectivity index (χ1) is 20.8. The van der Waals surface area contributed by atoms with Crippen LogP contribution < -0.4 is 0 Å². The minimum Gasteiger partial charge on any atom is -0.455 e. The molecule has 6 aromatic carbocycles. The van der Waals surface area contributed by atoms with E-state index >= 15 is 0 Å². The smallest absolute Gasteiger partial charge is 0.164 e. The Labute approximate surface area is 244 Å². The van der Waals surface area contributed by atoms with E-state index < -0.39 is 0 Å². The van der Waals surface area contributed by atoms with Crippen molar-refractivity contribution in [2.24, 2.45) is 0 Å². The van der Waals surface area contributed by atoms with Crippen LogP contribution in [0, 0.1) is 0 Å². The second-order valence-corrected chi connectivity index (χ2v) is 11.5. The van der Waals surface area contributed by atoms with Crippen LogP contribution >= 0.6 is 11.3 Å². The number of aromatic nitrogens is 3. The monoisotopic (exact) mass is 555 g/mol. The maximum absolute atomic E-state index is 6.48. The molecule has 196 valence electrons. The predicted molar refractivity (Wildman–Crippen MR) is 174 cm³/mol. The molecule has 0 saturated heterocycles. The average Bonchev–Trinajstić information content (AvgIpc) is 3.63. The topological polar surface area (TPSA) is 51.8 Å². The van der Waals surface area contributed by atoms with Gasteiger partial charge in [-0.2, -0.15) is 0 Å². The zero-order valence-corrected chi connectivity index (χ0v) is 23.1. The van der Waals surface area contributed by atoms with Gasteiger partial charge in [0, 0.05) is 53.0 Å². The second kappa shape index (κ2) is 9.06. The van der Waals surface area contributed by atoms with Crippen LogP contribution in [-0.4, -0.2) is 15.0 Å². The van der Waals surface area contributed by atoms with Gasteiger partial charge >= 0.3 is 0 Å². The molecule has 0 spiro atoms. The Morgan fingerprint density at radius 3 is 1.98 bits per heavy atom. The summed E-state index contributed by atoms with van der Waals surface area (Å²) in [5.74, 6) is 1.91. The number of furan rings is 1. The van der Waals surface area contributed by atoms with Gasteiger partial charge in [-0.3, -0.25) is 0 Å². The molecule has 0 N–H and O–H groups in total. The van der Waals surface area contributed by atoms with Crippen LogP contribution in [0.1, 0.15) is 0 Å². The third kappa shape index (κ3) is 3.51. The second-order valence-electron chi connectivity index (χ2n) is 10.4. The molecule has 0 aliphatic carbocycles.